The van der Waals surface area contributed by atoms with E-state index in [1.807, 2.05) is 17.0 Å². The number of hydrogen-bond acceptors (Lipinski definition) is 4. The number of hydrogen-bond donors (Lipinski definition) is 1. The second-order valence-electron chi connectivity index (χ2n) is 8.24. The van der Waals surface area contributed by atoms with Crippen LogP contribution in [-0.4, -0.2) is 37.7 Å². The van der Waals surface area contributed by atoms with Gasteiger partial charge in [0.1, 0.15) is 5.82 Å². The van der Waals surface area contributed by atoms with Gasteiger partial charge in [-0.2, -0.15) is 0 Å². The Bertz CT molecular complexity index is 1080. The van der Waals surface area contributed by atoms with Gasteiger partial charge in [-0.3, -0.25) is 0 Å². The van der Waals surface area contributed by atoms with Crippen molar-refractivity contribution in [3.05, 3.63) is 65.2 Å². The maximum atomic E-state index is 14.8. The molecule has 1 aromatic heterocycles. The third-order valence-corrected chi connectivity index (χ3v) is 6.26. The first kappa shape index (κ1) is 19.2. The highest BCUT2D eigenvalue weighted by Crippen LogP contribution is 2.39. The lowest BCUT2D eigenvalue weighted by Gasteiger charge is -2.32. The zero-order chi connectivity index (χ0) is 20.7. The Morgan fingerprint density at radius 1 is 0.967 bits per heavy atom. The zero-order valence-corrected chi connectivity index (χ0v) is 17.2. The van der Waals surface area contributed by atoms with E-state index in [1.165, 1.54) is 0 Å². The molecule has 2 aliphatic rings. The Balaban J connectivity index is 1.61. The van der Waals surface area contributed by atoms with Gasteiger partial charge in [-0.1, -0.05) is 42.5 Å². The van der Waals surface area contributed by atoms with Crippen molar-refractivity contribution in [1.82, 2.24) is 10.3 Å². The number of alkyl halides is 2. The van der Waals surface area contributed by atoms with Gasteiger partial charge in [0.05, 0.1) is 5.52 Å². The maximum Gasteiger partial charge on any atom is 0.275 e. The van der Waals surface area contributed by atoms with Crippen LogP contribution in [0.2, 0.25) is 0 Å². The van der Waals surface area contributed by atoms with Crippen molar-refractivity contribution in [2.45, 2.75) is 25.8 Å². The third-order valence-electron chi connectivity index (χ3n) is 6.26. The third kappa shape index (κ3) is 3.39. The van der Waals surface area contributed by atoms with Crippen LogP contribution >= 0.6 is 0 Å². The first-order valence-electron chi connectivity index (χ1n) is 10.6. The minimum atomic E-state index is -2.82. The number of para-hydroxylation sites is 1. The van der Waals surface area contributed by atoms with Gasteiger partial charge >= 0.3 is 0 Å². The van der Waals surface area contributed by atoms with Crippen molar-refractivity contribution >= 4 is 22.4 Å². The van der Waals surface area contributed by atoms with Crippen LogP contribution in [0.15, 0.2) is 48.5 Å². The lowest BCUT2D eigenvalue weighted by Crippen LogP contribution is -2.43. The SMILES string of the molecule is Cc1cccc2c(N3CCNCC3)cc(N3CCC(F)(F)c4ccccc4C3)nc12. The fraction of sp³-hybridized carbons (Fsp3) is 0.375. The molecule has 1 N–H and O–H groups in total. The molecule has 0 aliphatic carbocycles. The summed E-state index contributed by atoms with van der Waals surface area (Å²) in [6.07, 6.45) is -0.208. The van der Waals surface area contributed by atoms with E-state index < -0.39 is 5.92 Å². The number of nitrogens with one attached hydrogen (secondary N) is 1. The number of rotatable bonds is 2. The molecule has 3 heterocycles. The molecule has 1 saturated heterocycles. The molecule has 4 nitrogen and oxygen atoms in total. The van der Waals surface area contributed by atoms with E-state index in [1.54, 1.807) is 12.1 Å². The second-order valence-corrected chi connectivity index (χ2v) is 8.24. The monoisotopic (exact) mass is 408 g/mol. The van der Waals surface area contributed by atoms with E-state index in [0.29, 0.717) is 12.1 Å². The topological polar surface area (TPSA) is 31.4 Å². The first-order valence-corrected chi connectivity index (χ1v) is 10.6. The van der Waals surface area contributed by atoms with Gasteiger partial charge in [0.2, 0.25) is 0 Å². The Labute approximate surface area is 175 Å². The summed E-state index contributed by atoms with van der Waals surface area (Å²) in [5.41, 5.74) is 4.02. The predicted molar refractivity (Wildman–Crippen MR) is 118 cm³/mol. The summed E-state index contributed by atoms with van der Waals surface area (Å²) < 4.78 is 29.5. The summed E-state index contributed by atoms with van der Waals surface area (Å²) in [4.78, 5) is 9.35. The van der Waals surface area contributed by atoms with Crippen LogP contribution in [0, 0.1) is 6.92 Å². The van der Waals surface area contributed by atoms with Gasteiger partial charge in [-0.25, -0.2) is 13.8 Å². The normalized spacial score (nSPS) is 18.9. The summed E-state index contributed by atoms with van der Waals surface area (Å²) in [6, 6.07) is 15.2. The molecular formula is C24H26F2N4. The maximum absolute atomic E-state index is 14.8. The molecule has 1 fully saturated rings. The summed E-state index contributed by atoms with van der Waals surface area (Å²) in [5.74, 6) is -2.04. The number of fused-ring (bicyclic) bond motifs is 2. The highest BCUT2D eigenvalue weighted by atomic mass is 19.3. The number of aryl methyl sites for hydroxylation is 1. The molecule has 0 amide bonds. The van der Waals surface area contributed by atoms with Gasteiger partial charge in [0, 0.05) is 68.4 Å². The van der Waals surface area contributed by atoms with Crippen LogP contribution in [0.25, 0.3) is 10.9 Å². The van der Waals surface area contributed by atoms with E-state index in [4.69, 9.17) is 4.98 Å². The summed E-state index contributed by atoms with van der Waals surface area (Å²) in [7, 11) is 0. The number of anilines is 2. The first-order chi connectivity index (χ1) is 14.5. The Morgan fingerprint density at radius 3 is 2.60 bits per heavy atom. The summed E-state index contributed by atoms with van der Waals surface area (Å²) >= 11 is 0. The standard InChI is InChI=1S/C24H26F2N4/c1-17-5-4-7-19-21(29-13-10-27-11-14-29)15-22(28-23(17)19)30-12-9-24(25,26)20-8-3-2-6-18(20)16-30/h2-8,15,27H,9-14,16H2,1H3. The summed E-state index contributed by atoms with van der Waals surface area (Å²) in [5, 5.41) is 4.53. The van der Waals surface area contributed by atoms with Crippen LogP contribution in [-0.2, 0) is 12.5 Å². The quantitative estimate of drug-likeness (QED) is 0.679. The molecule has 0 unspecified atom stereocenters. The van der Waals surface area contributed by atoms with Gasteiger partial charge in [-0.05, 0) is 18.1 Å². The average molecular weight is 408 g/mol. The largest absolute Gasteiger partial charge is 0.368 e. The lowest BCUT2D eigenvalue weighted by atomic mass is 10.0. The number of benzene rings is 2. The number of piperazine rings is 1. The molecule has 2 aliphatic heterocycles. The number of nitrogens with zero attached hydrogens (tertiary/aromatic N) is 3. The van der Waals surface area contributed by atoms with Gasteiger partial charge < -0.3 is 15.1 Å². The fourth-order valence-corrected chi connectivity index (χ4v) is 4.60. The molecule has 0 spiro atoms. The molecule has 5 rings (SSSR count). The van der Waals surface area contributed by atoms with E-state index in [2.05, 4.69) is 41.4 Å². The van der Waals surface area contributed by atoms with Gasteiger partial charge in [-0.15, -0.1) is 0 Å². The second kappa shape index (κ2) is 7.51. The Morgan fingerprint density at radius 2 is 1.77 bits per heavy atom. The van der Waals surface area contributed by atoms with Crippen LogP contribution in [0.4, 0.5) is 20.3 Å². The van der Waals surface area contributed by atoms with Crippen LogP contribution in [0.3, 0.4) is 0 Å². The molecular weight excluding hydrogens is 382 g/mol. The highest BCUT2D eigenvalue weighted by molar-refractivity contribution is 5.95. The van der Waals surface area contributed by atoms with Crippen molar-refractivity contribution in [3.8, 4) is 0 Å². The highest BCUT2D eigenvalue weighted by Gasteiger charge is 2.37. The molecule has 156 valence electrons. The zero-order valence-electron chi connectivity index (χ0n) is 17.2. The van der Waals surface area contributed by atoms with Crippen LogP contribution in [0.1, 0.15) is 23.1 Å². The average Bonchev–Trinajstić information content (AvgIpc) is 2.90. The van der Waals surface area contributed by atoms with E-state index in [9.17, 15) is 8.78 Å². The molecule has 0 saturated carbocycles. The fourth-order valence-electron chi connectivity index (χ4n) is 4.60. The van der Waals surface area contributed by atoms with E-state index >= 15 is 0 Å². The van der Waals surface area contributed by atoms with Crippen molar-refractivity contribution in [3.63, 3.8) is 0 Å². The van der Waals surface area contributed by atoms with Gasteiger partial charge in [0.25, 0.3) is 5.92 Å². The molecule has 2 aromatic carbocycles. The molecule has 0 radical (unpaired) electrons. The Kier molecular flexibility index (Phi) is 4.82. The van der Waals surface area contributed by atoms with Crippen molar-refractivity contribution in [2.24, 2.45) is 0 Å². The summed E-state index contributed by atoms with van der Waals surface area (Å²) in [6.45, 7) is 6.50. The van der Waals surface area contributed by atoms with Crippen LogP contribution in [0.5, 0.6) is 0 Å². The molecule has 0 bridgehead atoms. The van der Waals surface area contributed by atoms with Gasteiger partial charge in [0.15, 0.2) is 0 Å². The van der Waals surface area contributed by atoms with E-state index in [0.717, 1.165) is 54.2 Å². The van der Waals surface area contributed by atoms with Crippen molar-refractivity contribution in [2.75, 3.05) is 42.5 Å². The van der Waals surface area contributed by atoms with Crippen molar-refractivity contribution < 1.29 is 8.78 Å². The minimum Gasteiger partial charge on any atom is -0.368 e. The van der Waals surface area contributed by atoms with Crippen LogP contribution < -0.4 is 15.1 Å². The predicted octanol–water partition coefficient (Wildman–Crippen LogP) is 4.45. The molecule has 30 heavy (non-hydrogen) atoms. The van der Waals surface area contributed by atoms with E-state index in [-0.39, 0.29) is 18.5 Å². The smallest absolute Gasteiger partial charge is 0.275 e. The number of pyridine rings is 1. The molecule has 6 heteroatoms. The number of halogens is 2. The van der Waals surface area contributed by atoms with Crippen molar-refractivity contribution in [1.29, 1.82) is 0 Å². The molecule has 0 atom stereocenters. The number of aromatic nitrogens is 1. The lowest BCUT2D eigenvalue weighted by molar-refractivity contribution is -0.00967. The minimum absolute atomic E-state index is 0.145. The molecule has 3 aromatic rings. The Hall–Kier alpha value is -2.73.